The zero-order valence-corrected chi connectivity index (χ0v) is 47.5. The molecule has 7 aromatic rings. The first kappa shape index (κ1) is 59.8. The minimum atomic E-state index is -1.24. The Morgan fingerprint density at radius 2 is 1.42 bits per heavy atom. The normalized spacial score (nSPS) is 14.6. The summed E-state index contributed by atoms with van der Waals surface area (Å²) in [4.78, 5) is 74.1. The number of hydrogen-bond acceptors (Lipinski definition) is 12. The Morgan fingerprint density at radius 3 is 2.11 bits per heavy atom. The van der Waals surface area contributed by atoms with Gasteiger partial charge in [-0.15, -0.1) is 0 Å². The summed E-state index contributed by atoms with van der Waals surface area (Å²) in [6.45, 7) is 6.62. The lowest BCUT2D eigenvalue weighted by Crippen LogP contribution is -2.59. The molecule has 83 heavy (non-hydrogen) atoms. The fourth-order valence-electron chi connectivity index (χ4n) is 9.94. The molecule has 0 fully saturated rings. The van der Waals surface area contributed by atoms with Crippen LogP contribution < -0.4 is 35.2 Å². The van der Waals surface area contributed by atoms with Crippen molar-refractivity contribution in [1.29, 1.82) is 5.26 Å². The van der Waals surface area contributed by atoms with Gasteiger partial charge < -0.3 is 54.7 Å². The first-order valence-corrected chi connectivity index (χ1v) is 27.5. The summed E-state index contributed by atoms with van der Waals surface area (Å²) in [5.41, 5.74) is 7.41. The molecular weight excluding hydrogens is 1050 g/mol. The zero-order chi connectivity index (χ0) is 59.0. The van der Waals surface area contributed by atoms with Gasteiger partial charge in [-0.05, 0) is 139 Å². The molecule has 0 radical (unpaired) electrons. The highest BCUT2D eigenvalue weighted by molar-refractivity contribution is 6.14. The molecule has 3 unspecified atom stereocenters. The van der Waals surface area contributed by atoms with Gasteiger partial charge in [0.1, 0.15) is 36.5 Å². The number of nitrogens with one attached hydrogen (secondary N) is 3. The molecule has 5 amide bonds. The molecule has 3 atom stereocenters. The van der Waals surface area contributed by atoms with Crippen LogP contribution in [0.25, 0.3) is 21.9 Å². The molecule has 1 aliphatic rings. The van der Waals surface area contributed by atoms with Crippen molar-refractivity contribution in [2.75, 3.05) is 77.1 Å². The molecule has 0 spiro atoms. The van der Waals surface area contributed by atoms with Gasteiger partial charge in [0.05, 0.1) is 75.1 Å². The first-order valence-electron chi connectivity index (χ1n) is 27.5. The van der Waals surface area contributed by atoms with Crippen molar-refractivity contribution in [3.63, 3.8) is 0 Å². The number of methoxy groups -OCH3 is 1. The van der Waals surface area contributed by atoms with Crippen molar-refractivity contribution in [2.24, 2.45) is 0 Å². The quantitative estimate of drug-likeness (QED) is 0.0331. The van der Waals surface area contributed by atoms with Crippen molar-refractivity contribution in [3.05, 3.63) is 197 Å². The standard InChI is InChI=1S/C66H69N7O10/c1-7-54(46-13-9-8-10-14-46)61(48-22-27-52(74)28-23-48)49-24-29-53(30-25-49)83-36-34-71(5)60(75)42-82-38-37-81-35-33-69-64(77)50-18-20-51(21-19-50)65(78)73-44(3)62(70-63(76)43(2)68-4)66(79)72(57-31-17-45(40-67)39-58(57)73)41-56-55-16-12-11-15-47(55)26-32-59(56)80-6/h8-32,39,43-44,62,68,74H,7,33-38,41-42H2,1-6H3,(H,69,77)(H,70,76). The molecule has 17 nitrogen and oxygen atoms in total. The number of fused-ring (bicyclic) bond motifs is 2. The number of amides is 5. The van der Waals surface area contributed by atoms with Crippen LogP contribution in [0.4, 0.5) is 11.4 Å². The number of phenolic OH excluding ortho intramolecular Hbond substituents is 1. The summed E-state index contributed by atoms with van der Waals surface area (Å²) in [5.74, 6) is -0.688. The van der Waals surface area contributed by atoms with E-state index in [1.165, 1.54) is 44.5 Å². The van der Waals surface area contributed by atoms with Crippen molar-refractivity contribution in [1.82, 2.24) is 20.9 Å². The predicted octanol–water partition coefficient (Wildman–Crippen LogP) is 8.77. The Hall–Kier alpha value is -9.34. The molecule has 7 aromatic carbocycles. The van der Waals surface area contributed by atoms with Crippen LogP contribution >= 0.6 is 0 Å². The molecule has 0 saturated heterocycles. The lowest BCUT2D eigenvalue weighted by Gasteiger charge is -2.33. The molecular formula is C66H69N7O10. The highest BCUT2D eigenvalue weighted by Gasteiger charge is 2.43. The van der Waals surface area contributed by atoms with Crippen LogP contribution in [0.1, 0.15) is 75.7 Å². The highest BCUT2D eigenvalue weighted by atomic mass is 16.5. The van der Waals surface area contributed by atoms with Gasteiger partial charge in [0.25, 0.3) is 17.7 Å². The average Bonchev–Trinajstić information content (AvgIpc) is 3.93. The topological polar surface area (TPSA) is 212 Å². The van der Waals surface area contributed by atoms with E-state index in [1.807, 2.05) is 91.0 Å². The SMILES string of the molecule is CCC(=C(c1ccc(O)cc1)c1ccc(OCCN(C)C(=O)COCCOCCNC(=O)c2ccc(C(=O)N3c4cc(C#N)ccc4N(Cc4c(OC)ccc5ccccc45)C(=O)C(NC(=O)C(C)NC)C3C)cc2)cc1)c1ccccc1. The fourth-order valence-corrected chi connectivity index (χ4v) is 9.94. The van der Waals surface area contributed by atoms with Gasteiger partial charge in [0.2, 0.25) is 11.8 Å². The maximum absolute atomic E-state index is 15.0. The van der Waals surface area contributed by atoms with E-state index < -0.39 is 41.8 Å². The Balaban J connectivity index is 0.820. The van der Waals surface area contributed by atoms with Gasteiger partial charge in [0, 0.05) is 30.3 Å². The van der Waals surface area contributed by atoms with Gasteiger partial charge in [0.15, 0.2) is 0 Å². The third kappa shape index (κ3) is 14.4. The first-order chi connectivity index (χ1) is 40.2. The summed E-state index contributed by atoms with van der Waals surface area (Å²) in [6, 6.07) is 46.9. The van der Waals surface area contributed by atoms with E-state index in [9.17, 15) is 29.5 Å². The molecule has 428 valence electrons. The number of ether oxygens (including phenoxy) is 4. The van der Waals surface area contributed by atoms with Gasteiger partial charge in [-0.3, -0.25) is 24.0 Å². The monoisotopic (exact) mass is 1120 g/mol. The van der Waals surface area contributed by atoms with Crippen molar-refractivity contribution < 1.29 is 48.0 Å². The van der Waals surface area contributed by atoms with E-state index in [-0.39, 0.29) is 80.2 Å². The summed E-state index contributed by atoms with van der Waals surface area (Å²) in [5, 5.41) is 30.5. The van der Waals surface area contributed by atoms with E-state index in [2.05, 4.69) is 41.1 Å². The van der Waals surface area contributed by atoms with E-state index in [4.69, 9.17) is 18.9 Å². The molecule has 0 saturated carbocycles. The number of nitrogens with zero attached hydrogens (tertiary/aromatic N) is 4. The number of allylic oxidation sites excluding steroid dienone is 1. The van der Waals surface area contributed by atoms with Crippen LogP contribution in [0.15, 0.2) is 158 Å². The van der Waals surface area contributed by atoms with Gasteiger partial charge in [-0.2, -0.15) is 5.26 Å². The number of aromatic hydroxyl groups is 1. The second kappa shape index (κ2) is 28.4. The van der Waals surface area contributed by atoms with Crippen LogP contribution in [0.5, 0.6) is 17.2 Å². The van der Waals surface area contributed by atoms with Gasteiger partial charge >= 0.3 is 0 Å². The third-order valence-electron chi connectivity index (χ3n) is 14.7. The summed E-state index contributed by atoms with van der Waals surface area (Å²) >= 11 is 0. The van der Waals surface area contributed by atoms with Crippen LogP contribution in [-0.4, -0.2) is 125 Å². The van der Waals surface area contributed by atoms with Gasteiger partial charge in [-0.25, -0.2) is 0 Å². The van der Waals surface area contributed by atoms with Crippen molar-refractivity contribution in [2.45, 2.75) is 51.9 Å². The van der Waals surface area contributed by atoms with E-state index in [1.54, 1.807) is 65.4 Å². The van der Waals surface area contributed by atoms with Crippen LogP contribution in [0.2, 0.25) is 0 Å². The molecule has 0 aromatic heterocycles. The lowest BCUT2D eigenvalue weighted by atomic mass is 9.88. The number of nitriles is 1. The molecule has 1 heterocycles. The number of benzene rings is 7. The van der Waals surface area contributed by atoms with E-state index >= 15 is 4.79 Å². The average molecular weight is 1120 g/mol. The largest absolute Gasteiger partial charge is 0.508 e. The van der Waals surface area contributed by atoms with Crippen molar-refractivity contribution in [3.8, 4) is 23.3 Å². The van der Waals surface area contributed by atoms with E-state index in [0.717, 1.165) is 39.5 Å². The maximum atomic E-state index is 15.0. The molecule has 1 aliphatic heterocycles. The maximum Gasteiger partial charge on any atom is 0.258 e. The molecule has 0 aliphatic carbocycles. The molecule has 8 rings (SSSR count). The lowest BCUT2D eigenvalue weighted by molar-refractivity contribution is -0.135. The Labute approximate surface area is 484 Å². The zero-order valence-electron chi connectivity index (χ0n) is 47.5. The van der Waals surface area contributed by atoms with Crippen molar-refractivity contribution >= 4 is 62.8 Å². The fraction of sp³-hybridized carbons (Fsp3) is 0.273. The number of likely N-dealkylation sites (N-methyl/N-ethyl adjacent to an activating group) is 2. The van der Waals surface area contributed by atoms with Gasteiger partial charge in [-0.1, -0.05) is 91.9 Å². The predicted molar refractivity (Wildman–Crippen MR) is 320 cm³/mol. The number of anilines is 2. The summed E-state index contributed by atoms with van der Waals surface area (Å²) in [6.07, 6.45) is 0.802. The third-order valence-corrected chi connectivity index (χ3v) is 14.7. The second-order valence-corrected chi connectivity index (χ2v) is 19.9. The Bertz CT molecular complexity index is 3490. The summed E-state index contributed by atoms with van der Waals surface area (Å²) in [7, 11) is 4.86. The second-order valence-electron chi connectivity index (χ2n) is 19.9. The number of carbonyl (C=O) groups excluding carboxylic acids is 5. The number of carbonyl (C=O) groups is 5. The Kier molecular flexibility index (Phi) is 20.4. The smallest absolute Gasteiger partial charge is 0.258 e. The molecule has 17 heteroatoms. The Morgan fingerprint density at radius 1 is 0.759 bits per heavy atom. The van der Waals surface area contributed by atoms with Crippen LogP contribution in [-0.2, 0) is 30.4 Å². The van der Waals surface area contributed by atoms with Crippen LogP contribution in [0, 0.1) is 11.3 Å². The number of phenols is 1. The number of rotatable bonds is 24. The molecule has 4 N–H and O–H groups in total. The van der Waals surface area contributed by atoms with E-state index in [0.29, 0.717) is 29.3 Å². The highest BCUT2D eigenvalue weighted by Crippen LogP contribution is 2.41. The minimum Gasteiger partial charge on any atom is -0.508 e. The van der Waals surface area contributed by atoms with Crippen LogP contribution in [0.3, 0.4) is 0 Å². The number of hydrogen-bond donors (Lipinski definition) is 4. The summed E-state index contributed by atoms with van der Waals surface area (Å²) < 4.78 is 23.1. The molecule has 0 bridgehead atoms. The minimum absolute atomic E-state index is 0.00383.